The van der Waals surface area contributed by atoms with E-state index < -0.39 is 34.9 Å². The lowest BCUT2D eigenvalue weighted by Crippen LogP contribution is -2.41. The van der Waals surface area contributed by atoms with E-state index in [9.17, 15) is 22.0 Å². The number of aryl methyl sites for hydroxylation is 2. The molecular formula is C18H21F2N3O3S. The van der Waals surface area contributed by atoms with Crippen LogP contribution in [0.5, 0.6) is 0 Å². The minimum absolute atomic E-state index is 0.00469. The van der Waals surface area contributed by atoms with Crippen molar-refractivity contribution < 1.29 is 22.0 Å². The Balaban J connectivity index is 2.26. The summed E-state index contributed by atoms with van der Waals surface area (Å²) in [5, 5.41) is 2.08. The molecule has 0 aliphatic rings. The molecule has 0 fully saturated rings. The summed E-state index contributed by atoms with van der Waals surface area (Å²) in [4.78, 5) is 12.1. The second-order valence-electron chi connectivity index (χ2n) is 6.19. The van der Waals surface area contributed by atoms with Crippen molar-refractivity contribution in [2.24, 2.45) is 5.73 Å². The summed E-state index contributed by atoms with van der Waals surface area (Å²) in [5.41, 5.74) is 6.64. The van der Waals surface area contributed by atoms with Crippen molar-refractivity contribution in [3.05, 3.63) is 59.2 Å². The van der Waals surface area contributed by atoms with Crippen molar-refractivity contribution >= 4 is 21.6 Å². The largest absolute Gasteiger partial charge is 0.346 e. The van der Waals surface area contributed by atoms with Crippen molar-refractivity contribution in [1.29, 1.82) is 0 Å². The number of sulfonamides is 1. The fraction of sp³-hybridized carbons (Fsp3) is 0.278. The van der Waals surface area contributed by atoms with Gasteiger partial charge in [-0.25, -0.2) is 17.2 Å². The zero-order valence-electron chi connectivity index (χ0n) is 14.9. The smallest absolute Gasteiger partial charge is 0.277 e. The highest BCUT2D eigenvalue weighted by molar-refractivity contribution is 7.92. The van der Waals surface area contributed by atoms with Crippen LogP contribution >= 0.6 is 0 Å². The lowest BCUT2D eigenvalue weighted by atomic mass is 10.1. The Labute approximate surface area is 156 Å². The summed E-state index contributed by atoms with van der Waals surface area (Å²) in [6.45, 7) is 1.57. The summed E-state index contributed by atoms with van der Waals surface area (Å²) in [6, 6.07) is 10.7. The van der Waals surface area contributed by atoms with Crippen LogP contribution in [-0.2, 0) is 10.0 Å². The Morgan fingerprint density at radius 3 is 2.48 bits per heavy atom. The molecule has 2 aromatic rings. The van der Waals surface area contributed by atoms with Crippen molar-refractivity contribution in [1.82, 2.24) is 5.32 Å². The quantitative estimate of drug-likeness (QED) is 0.668. The van der Waals surface area contributed by atoms with E-state index in [1.54, 1.807) is 25.1 Å². The normalized spacial score (nSPS) is 11.9. The van der Waals surface area contributed by atoms with Gasteiger partial charge in [0, 0.05) is 11.3 Å². The summed E-state index contributed by atoms with van der Waals surface area (Å²) < 4.78 is 54.1. The summed E-state index contributed by atoms with van der Waals surface area (Å²) in [6.07, 6.45) is 0. The van der Waals surface area contributed by atoms with Crippen LogP contribution in [0.25, 0.3) is 0 Å². The van der Waals surface area contributed by atoms with Crippen LogP contribution in [0.4, 0.5) is 14.5 Å². The molecule has 9 heteroatoms. The zero-order chi connectivity index (χ0) is 20.2. The van der Waals surface area contributed by atoms with Crippen LogP contribution < -0.4 is 15.8 Å². The molecule has 0 saturated heterocycles. The van der Waals surface area contributed by atoms with Gasteiger partial charge in [0.2, 0.25) is 0 Å². The predicted molar refractivity (Wildman–Crippen MR) is 99.5 cm³/mol. The minimum Gasteiger partial charge on any atom is -0.346 e. The van der Waals surface area contributed by atoms with E-state index in [2.05, 4.69) is 10.0 Å². The summed E-state index contributed by atoms with van der Waals surface area (Å²) in [7, 11) is -3.95. The third-order valence-electron chi connectivity index (χ3n) is 3.84. The molecule has 146 valence electrons. The Bertz CT molecular complexity index is 947. The van der Waals surface area contributed by atoms with E-state index >= 15 is 0 Å². The van der Waals surface area contributed by atoms with Gasteiger partial charge >= 0.3 is 0 Å². The molecular weight excluding hydrogens is 376 g/mol. The predicted octanol–water partition coefficient (Wildman–Crippen LogP) is 2.43. The van der Waals surface area contributed by atoms with Crippen LogP contribution in [0.3, 0.4) is 0 Å². The van der Waals surface area contributed by atoms with E-state index in [1.165, 1.54) is 12.1 Å². The number of nitrogens with two attached hydrogens (primary N) is 1. The van der Waals surface area contributed by atoms with Gasteiger partial charge < -0.3 is 11.1 Å². The van der Waals surface area contributed by atoms with Gasteiger partial charge in [0.25, 0.3) is 21.9 Å². The molecule has 0 heterocycles. The molecule has 0 bridgehead atoms. The molecule has 2 aromatic carbocycles. The Morgan fingerprint density at radius 2 is 1.85 bits per heavy atom. The molecule has 6 nitrogen and oxygen atoms in total. The van der Waals surface area contributed by atoms with Gasteiger partial charge in [0.05, 0.1) is 18.0 Å². The Morgan fingerprint density at radius 1 is 1.15 bits per heavy atom. The second kappa shape index (κ2) is 8.01. The first-order valence-electron chi connectivity index (χ1n) is 8.10. The van der Waals surface area contributed by atoms with Crippen LogP contribution in [0.15, 0.2) is 47.4 Å². The van der Waals surface area contributed by atoms with Crippen LogP contribution in [-0.4, -0.2) is 33.3 Å². The van der Waals surface area contributed by atoms with Crippen LogP contribution in [0.2, 0.25) is 0 Å². The van der Waals surface area contributed by atoms with E-state index in [0.29, 0.717) is 11.3 Å². The van der Waals surface area contributed by atoms with Crippen molar-refractivity contribution in [2.45, 2.75) is 24.7 Å². The van der Waals surface area contributed by atoms with Gasteiger partial charge in [-0.15, -0.1) is 0 Å². The first-order valence-corrected chi connectivity index (χ1v) is 9.59. The number of hydrogen-bond acceptors (Lipinski definition) is 4. The molecule has 0 atom stereocenters. The van der Waals surface area contributed by atoms with Gasteiger partial charge in [-0.1, -0.05) is 18.2 Å². The Kier molecular flexibility index (Phi) is 6.17. The van der Waals surface area contributed by atoms with E-state index in [1.807, 2.05) is 13.0 Å². The SMILES string of the molecule is Cc1cccc(NS(=O)(=O)c2ccc(C)c(C(=O)NCC(F)(F)CN)c2)c1. The molecule has 0 saturated carbocycles. The number of nitrogens with one attached hydrogen (secondary N) is 2. The first-order chi connectivity index (χ1) is 12.5. The number of rotatable bonds is 7. The minimum atomic E-state index is -3.95. The first kappa shape index (κ1) is 20.8. The lowest BCUT2D eigenvalue weighted by molar-refractivity contribution is 0.0118. The zero-order valence-corrected chi connectivity index (χ0v) is 15.7. The van der Waals surface area contributed by atoms with Crippen LogP contribution in [0, 0.1) is 13.8 Å². The maximum Gasteiger partial charge on any atom is 0.277 e. The maximum absolute atomic E-state index is 13.2. The van der Waals surface area contributed by atoms with E-state index in [-0.39, 0.29) is 10.5 Å². The molecule has 0 aliphatic carbocycles. The highest BCUT2D eigenvalue weighted by atomic mass is 32.2. The number of alkyl halides is 2. The summed E-state index contributed by atoms with van der Waals surface area (Å²) >= 11 is 0. The molecule has 0 radical (unpaired) electrons. The molecule has 4 N–H and O–H groups in total. The van der Waals surface area contributed by atoms with Gasteiger partial charge in [-0.2, -0.15) is 0 Å². The third kappa shape index (κ3) is 5.48. The standard InChI is InChI=1S/C18H21F2N3O3S/c1-12-4-3-5-14(8-12)23-27(25,26)15-7-6-13(2)16(9-15)17(24)22-11-18(19,20)10-21/h3-9,23H,10-11,21H2,1-2H3,(H,22,24). The van der Waals surface area contributed by atoms with E-state index in [4.69, 9.17) is 5.73 Å². The van der Waals surface area contributed by atoms with Gasteiger partial charge in [-0.05, 0) is 49.2 Å². The average Bonchev–Trinajstić information content (AvgIpc) is 2.59. The second-order valence-corrected chi connectivity index (χ2v) is 7.88. The third-order valence-corrected chi connectivity index (χ3v) is 5.22. The number of carbonyl (C=O) groups excluding carboxylic acids is 1. The fourth-order valence-electron chi connectivity index (χ4n) is 2.31. The molecule has 2 rings (SSSR count). The summed E-state index contributed by atoms with van der Waals surface area (Å²) in [5.74, 6) is -4.03. The molecule has 0 aliphatic heterocycles. The topological polar surface area (TPSA) is 101 Å². The van der Waals surface area contributed by atoms with Crippen molar-refractivity contribution in [3.8, 4) is 0 Å². The Hall–Kier alpha value is -2.52. The van der Waals surface area contributed by atoms with Gasteiger partial charge in [0.15, 0.2) is 0 Å². The molecule has 27 heavy (non-hydrogen) atoms. The molecule has 0 aromatic heterocycles. The van der Waals surface area contributed by atoms with Crippen molar-refractivity contribution in [3.63, 3.8) is 0 Å². The highest BCUT2D eigenvalue weighted by Gasteiger charge is 2.28. The number of halogens is 2. The highest BCUT2D eigenvalue weighted by Crippen LogP contribution is 2.20. The molecule has 1 amide bonds. The number of hydrogen-bond donors (Lipinski definition) is 3. The van der Waals surface area contributed by atoms with Gasteiger partial charge in [-0.3, -0.25) is 9.52 Å². The average molecular weight is 397 g/mol. The van der Waals surface area contributed by atoms with E-state index in [0.717, 1.165) is 11.6 Å². The monoisotopic (exact) mass is 397 g/mol. The van der Waals surface area contributed by atoms with Crippen molar-refractivity contribution in [2.75, 3.05) is 17.8 Å². The molecule has 0 spiro atoms. The number of anilines is 1. The fourth-order valence-corrected chi connectivity index (χ4v) is 3.39. The lowest BCUT2D eigenvalue weighted by Gasteiger charge is -2.16. The number of amides is 1. The maximum atomic E-state index is 13.2. The van der Waals surface area contributed by atoms with Gasteiger partial charge in [0.1, 0.15) is 0 Å². The number of benzene rings is 2. The molecule has 0 unspecified atom stereocenters. The van der Waals surface area contributed by atoms with Crippen LogP contribution in [0.1, 0.15) is 21.5 Å². The number of carbonyl (C=O) groups is 1.